The molecule has 1 unspecified atom stereocenters. The number of non-ortho nitro benzene ring substituents is 1. The van der Waals surface area contributed by atoms with Crippen molar-refractivity contribution in [3.8, 4) is 11.5 Å². The largest absolute Gasteiger partial charge is 0.493 e. The van der Waals surface area contributed by atoms with Crippen molar-refractivity contribution < 1.29 is 23.9 Å². The second-order valence-electron chi connectivity index (χ2n) is 7.56. The fourth-order valence-electron chi connectivity index (χ4n) is 3.82. The van der Waals surface area contributed by atoms with Gasteiger partial charge in [-0.2, -0.15) is 0 Å². The average molecular weight is 444 g/mol. The van der Waals surface area contributed by atoms with Crippen LogP contribution >= 0.6 is 0 Å². The molecule has 0 radical (unpaired) electrons. The minimum atomic E-state index is -0.457. The third-order valence-electron chi connectivity index (χ3n) is 5.69. The highest BCUT2D eigenvalue weighted by Gasteiger charge is 2.25. The Morgan fingerprint density at radius 2 is 1.84 bits per heavy atom. The van der Waals surface area contributed by atoms with Crippen molar-refractivity contribution in [2.24, 2.45) is 0 Å². The molecule has 1 aliphatic heterocycles. The minimum Gasteiger partial charge on any atom is -0.493 e. The molecule has 0 spiro atoms. The van der Waals surface area contributed by atoms with E-state index in [0.29, 0.717) is 42.5 Å². The van der Waals surface area contributed by atoms with Crippen LogP contribution in [0.1, 0.15) is 23.7 Å². The molecule has 32 heavy (non-hydrogen) atoms. The van der Waals surface area contributed by atoms with Crippen molar-refractivity contribution >= 4 is 17.3 Å². The van der Waals surface area contributed by atoms with Crippen LogP contribution in [0.2, 0.25) is 0 Å². The van der Waals surface area contributed by atoms with Crippen molar-refractivity contribution in [1.29, 1.82) is 0 Å². The molecule has 0 N–H and O–H groups in total. The molecule has 3 rings (SSSR count). The number of morpholine rings is 1. The lowest BCUT2D eigenvalue weighted by Crippen LogP contribution is -2.44. The zero-order valence-electron chi connectivity index (χ0n) is 18.7. The van der Waals surface area contributed by atoms with Crippen LogP contribution in [0, 0.1) is 10.1 Å². The Morgan fingerprint density at radius 3 is 2.44 bits per heavy atom. The lowest BCUT2D eigenvalue weighted by Gasteiger charge is -2.33. The molecule has 2 aromatic carbocycles. The van der Waals surface area contributed by atoms with Gasteiger partial charge in [0.15, 0.2) is 11.5 Å². The third-order valence-corrected chi connectivity index (χ3v) is 5.69. The predicted octanol–water partition coefficient (Wildman–Crippen LogP) is 3.37. The standard InChI is InChI=1S/C23H29N3O6/c1-17(24-13-15-32-16-14-24)11-12-25(18-7-9-19(10-8-18)26(28)29)23(27)20-5-4-6-21(30-2)22(20)31-3/h4-10,17H,11-16H2,1-3H3. The molecule has 0 aromatic heterocycles. The van der Waals surface area contributed by atoms with E-state index in [-0.39, 0.29) is 17.6 Å². The number of hydrogen-bond donors (Lipinski definition) is 0. The summed E-state index contributed by atoms with van der Waals surface area (Å²) in [5.41, 5.74) is 0.922. The fraction of sp³-hybridized carbons (Fsp3) is 0.435. The molecule has 9 nitrogen and oxygen atoms in total. The first kappa shape index (κ1) is 23.5. The molecule has 0 bridgehead atoms. The van der Waals surface area contributed by atoms with Crippen molar-refractivity contribution in [3.63, 3.8) is 0 Å². The number of para-hydroxylation sites is 1. The van der Waals surface area contributed by atoms with Gasteiger partial charge in [-0.25, -0.2) is 0 Å². The first-order valence-corrected chi connectivity index (χ1v) is 10.6. The summed E-state index contributed by atoms with van der Waals surface area (Å²) in [5.74, 6) is 0.556. The van der Waals surface area contributed by atoms with Crippen LogP contribution in [-0.4, -0.2) is 68.8 Å². The van der Waals surface area contributed by atoms with E-state index in [2.05, 4.69) is 11.8 Å². The average Bonchev–Trinajstić information content (AvgIpc) is 2.84. The van der Waals surface area contributed by atoms with Crippen LogP contribution in [0.4, 0.5) is 11.4 Å². The highest BCUT2D eigenvalue weighted by molar-refractivity contribution is 6.08. The lowest BCUT2D eigenvalue weighted by atomic mass is 10.1. The summed E-state index contributed by atoms with van der Waals surface area (Å²) >= 11 is 0. The molecule has 1 aliphatic rings. The van der Waals surface area contributed by atoms with E-state index in [1.54, 1.807) is 35.2 Å². The van der Waals surface area contributed by atoms with E-state index >= 15 is 0 Å². The molecule has 2 aromatic rings. The number of benzene rings is 2. The van der Waals surface area contributed by atoms with E-state index in [9.17, 15) is 14.9 Å². The Balaban J connectivity index is 1.89. The Morgan fingerprint density at radius 1 is 1.16 bits per heavy atom. The van der Waals surface area contributed by atoms with Crippen molar-refractivity contribution in [1.82, 2.24) is 4.90 Å². The number of carbonyl (C=O) groups is 1. The second kappa shape index (κ2) is 10.9. The van der Waals surface area contributed by atoms with Crippen molar-refractivity contribution in [3.05, 3.63) is 58.1 Å². The van der Waals surface area contributed by atoms with Gasteiger partial charge in [0.05, 0.1) is 37.9 Å². The highest BCUT2D eigenvalue weighted by Crippen LogP contribution is 2.33. The number of ether oxygens (including phenoxy) is 3. The number of rotatable bonds is 9. The number of nitrogens with zero attached hydrogens (tertiary/aromatic N) is 3. The van der Waals surface area contributed by atoms with E-state index in [4.69, 9.17) is 14.2 Å². The zero-order valence-corrected chi connectivity index (χ0v) is 18.7. The van der Waals surface area contributed by atoms with Crippen LogP contribution in [0.5, 0.6) is 11.5 Å². The molecule has 0 saturated carbocycles. The van der Waals surface area contributed by atoms with Gasteiger partial charge >= 0.3 is 0 Å². The second-order valence-corrected chi connectivity index (χ2v) is 7.56. The lowest BCUT2D eigenvalue weighted by molar-refractivity contribution is -0.384. The summed E-state index contributed by atoms with van der Waals surface area (Å²) in [6.45, 7) is 5.70. The van der Waals surface area contributed by atoms with Gasteiger partial charge in [-0.05, 0) is 37.6 Å². The van der Waals surface area contributed by atoms with Crippen LogP contribution < -0.4 is 14.4 Å². The molecule has 9 heteroatoms. The van der Waals surface area contributed by atoms with Crippen LogP contribution in [0.3, 0.4) is 0 Å². The normalized spacial score (nSPS) is 15.1. The van der Waals surface area contributed by atoms with Crippen molar-refractivity contribution in [2.75, 3.05) is 52.0 Å². The minimum absolute atomic E-state index is 0.0261. The van der Waals surface area contributed by atoms with E-state index in [1.807, 2.05) is 0 Å². The number of hydrogen-bond acceptors (Lipinski definition) is 7. The number of nitro benzene ring substituents is 1. The third kappa shape index (κ3) is 5.35. The van der Waals surface area contributed by atoms with Crippen molar-refractivity contribution in [2.45, 2.75) is 19.4 Å². The van der Waals surface area contributed by atoms with Gasteiger partial charge in [0.25, 0.3) is 11.6 Å². The summed E-state index contributed by atoms with van der Waals surface area (Å²) in [4.78, 5) is 28.2. The van der Waals surface area contributed by atoms with Gasteiger partial charge in [-0.3, -0.25) is 19.8 Å². The number of carbonyl (C=O) groups excluding carboxylic acids is 1. The first-order chi connectivity index (χ1) is 15.5. The maximum Gasteiger partial charge on any atom is 0.269 e. The SMILES string of the molecule is COc1cccc(C(=O)N(CCC(C)N2CCOCC2)c2ccc([N+](=O)[O-])cc2)c1OC. The Kier molecular flexibility index (Phi) is 8.02. The Hall–Kier alpha value is -3.17. The summed E-state index contributed by atoms with van der Waals surface area (Å²) in [6.07, 6.45) is 0.731. The van der Waals surface area contributed by atoms with E-state index in [0.717, 1.165) is 19.5 Å². The Labute approximate surface area is 187 Å². The quantitative estimate of drug-likeness (QED) is 0.433. The number of amides is 1. The molecule has 172 valence electrons. The van der Waals surface area contributed by atoms with Gasteiger partial charge < -0.3 is 19.1 Å². The van der Waals surface area contributed by atoms with Gasteiger partial charge in [-0.15, -0.1) is 0 Å². The number of nitro groups is 1. The van der Waals surface area contributed by atoms with Gasteiger partial charge in [0, 0.05) is 43.5 Å². The summed E-state index contributed by atoms with van der Waals surface area (Å²) in [5, 5.41) is 11.1. The van der Waals surface area contributed by atoms with E-state index < -0.39 is 4.92 Å². The molecule has 1 fully saturated rings. The maximum atomic E-state index is 13.6. The molecule has 1 heterocycles. The highest BCUT2D eigenvalue weighted by atomic mass is 16.6. The van der Waals surface area contributed by atoms with E-state index in [1.165, 1.54) is 26.4 Å². The molecular formula is C23H29N3O6. The fourth-order valence-corrected chi connectivity index (χ4v) is 3.82. The van der Waals surface area contributed by atoms with Gasteiger partial charge in [0.1, 0.15) is 0 Å². The Bertz CT molecular complexity index is 928. The first-order valence-electron chi connectivity index (χ1n) is 10.6. The zero-order chi connectivity index (χ0) is 23.1. The smallest absolute Gasteiger partial charge is 0.269 e. The van der Waals surface area contributed by atoms with Crippen LogP contribution in [-0.2, 0) is 4.74 Å². The maximum absolute atomic E-state index is 13.6. The monoisotopic (exact) mass is 443 g/mol. The predicted molar refractivity (Wildman–Crippen MR) is 121 cm³/mol. The van der Waals surface area contributed by atoms with Crippen LogP contribution in [0.25, 0.3) is 0 Å². The van der Waals surface area contributed by atoms with Gasteiger partial charge in [0.2, 0.25) is 0 Å². The topological polar surface area (TPSA) is 94.4 Å². The number of methoxy groups -OCH3 is 2. The summed E-state index contributed by atoms with van der Waals surface area (Å²) < 4.78 is 16.2. The molecule has 0 aliphatic carbocycles. The molecule has 1 atom stereocenters. The number of anilines is 1. The molecular weight excluding hydrogens is 414 g/mol. The van der Waals surface area contributed by atoms with Crippen LogP contribution in [0.15, 0.2) is 42.5 Å². The summed E-state index contributed by atoms with van der Waals surface area (Å²) in [7, 11) is 3.01. The molecule has 1 amide bonds. The van der Waals surface area contributed by atoms with Gasteiger partial charge in [-0.1, -0.05) is 6.07 Å². The summed E-state index contributed by atoms with van der Waals surface area (Å²) in [6, 6.07) is 11.4. The molecule has 1 saturated heterocycles.